The highest BCUT2D eigenvalue weighted by molar-refractivity contribution is 7.98. The number of carbonyl (C=O) groups excluding carboxylic acids is 1. The van der Waals surface area contributed by atoms with Crippen molar-refractivity contribution in [3.63, 3.8) is 0 Å². The summed E-state index contributed by atoms with van der Waals surface area (Å²) in [6.45, 7) is 5.89. The van der Waals surface area contributed by atoms with Crippen molar-refractivity contribution in [2.24, 2.45) is 11.1 Å². The van der Waals surface area contributed by atoms with E-state index in [0.29, 0.717) is 13.0 Å². The van der Waals surface area contributed by atoms with Gasteiger partial charge in [0.05, 0.1) is 0 Å². The Hall–Kier alpha value is -0.220. The summed E-state index contributed by atoms with van der Waals surface area (Å²) in [6, 6.07) is 0. The van der Waals surface area contributed by atoms with E-state index in [4.69, 9.17) is 5.73 Å². The molecule has 0 aliphatic carbocycles. The highest BCUT2D eigenvalue weighted by Crippen LogP contribution is 2.26. The number of amides is 1. The average molecular weight is 246 g/mol. The highest BCUT2D eigenvalue weighted by atomic mass is 32.2. The van der Waals surface area contributed by atoms with Crippen LogP contribution in [0.3, 0.4) is 0 Å². The van der Waals surface area contributed by atoms with E-state index in [2.05, 4.69) is 20.1 Å². The molecule has 2 N–H and O–H groups in total. The Morgan fingerprint density at radius 1 is 1.38 bits per heavy atom. The zero-order valence-electron chi connectivity index (χ0n) is 11.1. The van der Waals surface area contributed by atoms with E-state index in [-0.39, 0.29) is 11.3 Å². The standard InChI is InChI=1S/C12H26N2OS/c1-12(2,7-8-13)6-5-11(15)14(3)9-10-16-4/h5-10,13H2,1-4H3. The number of hydrogen-bond acceptors (Lipinski definition) is 3. The lowest BCUT2D eigenvalue weighted by Crippen LogP contribution is -2.30. The monoisotopic (exact) mass is 246 g/mol. The number of hydrogen-bond donors (Lipinski definition) is 1. The average Bonchev–Trinajstić information content (AvgIpc) is 2.22. The molecule has 0 fully saturated rings. The molecule has 0 aromatic heterocycles. The molecule has 0 rings (SSSR count). The van der Waals surface area contributed by atoms with Crippen LogP contribution in [-0.2, 0) is 4.79 Å². The van der Waals surface area contributed by atoms with Crippen molar-refractivity contribution < 1.29 is 4.79 Å². The van der Waals surface area contributed by atoms with Gasteiger partial charge in [0.2, 0.25) is 5.91 Å². The smallest absolute Gasteiger partial charge is 0.222 e. The van der Waals surface area contributed by atoms with Gasteiger partial charge in [-0.3, -0.25) is 4.79 Å². The third-order valence-corrected chi connectivity index (χ3v) is 3.48. The van der Waals surface area contributed by atoms with Crippen LogP contribution in [0.4, 0.5) is 0 Å². The lowest BCUT2D eigenvalue weighted by molar-refractivity contribution is -0.130. The number of nitrogens with zero attached hydrogens (tertiary/aromatic N) is 1. The predicted octanol–water partition coefficient (Wildman–Crippen LogP) is 1.96. The molecule has 0 aromatic carbocycles. The van der Waals surface area contributed by atoms with Gasteiger partial charge >= 0.3 is 0 Å². The van der Waals surface area contributed by atoms with E-state index in [0.717, 1.165) is 25.1 Å². The summed E-state index contributed by atoms with van der Waals surface area (Å²) in [5, 5.41) is 0. The van der Waals surface area contributed by atoms with Crippen LogP contribution in [0.2, 0.25) is 0 Å². The lowest BCUT2D eigenvalue weighted by Gasteiger charge is -2.25. The Labute approximate surface area is 104 Å². The Balaban J connectivity index is 3.87. The van der Waals surface area contributed by atoms with Crippen LogP contribution < -0.4 is 5.73 Å². The first kappa shape index (κ1) is 15.8. The molecule has 0 bridgehead atoms. The molecule has 96 valence electrons. The molecule has 0 spiro atoms. The summed E-state index contributed by atoms with van der Waals surface area (Å²) in [6.07, 6.45) is 4.60. The summed E-state index contributed by atoms with van der Waals surface area (Å²) in [5.41, 5.74) is 5.73. The maximum absolute atomic E-state index is 11.8. The molecular weight excluding hydrogens is 220 g/mol. The van der Waals surface area contributed by atoms with Crippen LogP contribution in [0.25, 0.3) is 0 Å². The molecule has 0 saturated heterocycles. The summed E-state index contributed by atoms with van der Waals surface area (Å²) >= 11 is 1.77. The van der Waals surface area contributed by atoms with Crippen molar-refractivity contribution in [1.82, 2.24) is 4.90 Å². The molecule has 1 amide bonds. The van der Waals surface area contributed by atoms with Gasteiger partial charge in [0, 0.05) is 25.8 Å². The molecule has 0 radical (unpaired) electrons. The van der Waals surface area contributed by atoms with Gasteiger partial charge in [-0.25, -0.2) is 0 Å². The van der Waals surface area contributed by atoms with Crippen molar-refractivity contribution in [2.75, 3.05) is 32.1 Å². The third-order valence-electron chi connectivity index (χ3n) is 2.89. The molecular formula is C12H26N2OS. The van der Waals surface area contributed by atoms with Gasteiger partial charge in [-0.2, -0.15) is 11.8 Å². The Morgan fingerprint density at radius 3 is 2.50 bits per heavy atom. The van der Waals surface area contributed by atoms with Gasteiger partial charge in [0.25, 0.3) is 0 Å². The first-order chi connectivity index (χ1) is 7.43. The molecule has 0 atom stereocenters. The Bertz CT molecular complexity index is 207. The normalized spacial score (nSPS) is 11.6. The number of carbonyl (C=O) groups is 1. The van der Waals surface area contributed by atoms with Crippen molar-refractivity contribution in [3.05, 3.63) is 0 Å². The predicted molar refractivity (Wildman–Crippen MR) is 72.7 cm³/mol. The van der Waals surface area contributed by atoms with E-state index in [1.165, 1.54) is 0 Å². The van der Waals surface area contributed by atoms with E-state index >= 15 is 0 Å². The largest absolute Gasteiger partial charge is 0.345 e. The van der Waals surface area contributed by atoms with Crippen LogP contribution in [0.1, 0.15) is 33.1 Å². The second kappa shape index (κ2) is 7.96. The molecule has 0 unspecified atom stereocenters. The summed E-state index contributed by atoms with van der Waals surface area (Å²) in [5.74, 6) is 1.26. The first-order valence-electron chi connectivity index (χ1n) is 5.86. The highest BCUT2D eigenvalue weighted by Gasteiger charge is 2.19. The van der Waals surface area contributed by atoms with Crippen LogP contribution in [0, 0.1) is 5.41 Å². The fraction of sp³-hybridized carbons (Fsp3) is 0.917. The topological polar surface area (TPSA) is 46.3 Å². The van der Waals surface area contributed by atoms with Gasteiger partial charge in [-0.05, 0) is 31.1 Å². The van der Waals surface area contributed by atoms with E-state index in [1.54, 1.807) is 11.8 Å². The Kier molecular flexibility index (Phi) is 7.85. The minimum Gasteiger partial charge on any atom is -0.345 e. The zero-order valence-corrected chi connectivity index (χ0v) is 11.9. The van der Waals surface area contributed by atoms with Crippen molar-refractivity contribution in [3.8, 4) is 0 Å². The SMILES string of the molecule is CSCCN(C)C(=O)CCC(C)(C)CCN. The number of thioether (sulfide) groups is 1. The van der Waals surface area contributed by atoms with Crippen LogP contribution in [0.5, 0.6) is 0 Å². The van der Waals surface area contributed by atoms with Gasteiger partial charge < -0.3 is 10.6 Å². The summed E-state index contributed by atoms with van der Waals surface area (Å²) < 4.78 is 0. The van der Waals surface area contributed by atoms with E-state index < -0.39 is 0 Å². The van der Waals surface area contributed by atoms with Crippen molar-refractivity contribution >= 4 is 17.7 Å². The third kappa shape index (κ3) is 7.12. The van der Waals surface area contributed by atoms with Gasteiger partial charge in [0.15, 0.2) is 0 Å². The fourth-order valence-corrected chi connectivity index (χ4v) is 1.96. The zero-order chi connectivity index (χ0) is 12.6. The van der Waals surface area contributed by atoms with Crippen molar-refractivity contribution in [2.45, 2.75) is 33.1 Å². The Morgan fingerprint density at radius 2 is 2.00 bits per heavy atom. The first-order valence-corrected chi connectivity index (χ1v) is 7.25. The molecule has 4 heteroatoms. The molecule has 0 saturated carbocycles. The van der Waals surface area contributed by atoms with Crippen LogP contribution >= 0.6 is 11.8 Å². The maximum Gasteiger partial charge on any atom is 0.222 e. The maximum atomic E-state index is 11.8. The van der Waals surface area contributed by atoms with E-state index in [9.17, 15) is 4.79 Å². The van der Waals surface area contributed by atoms with Gasteiger partial charge in [-0.15, -0.1) is 0 Å². The molecule has 3 nitrogen and oxygen atoms in total. The molecule has 0 aromatic rings. The van der Waals surface area contributed by atoms with Gasteiger partial charge in [-0.1, -0.05) is 13.8 Å². The summed E-state index contributed by atoms with van der Waals surface area (Å²) in [4.78, 5) is 13.6. The van der Waals surface area contributed by atoms with E-state index in [1.807, 2.05) is 11.9 Å². The van der Waals surface area contributed by atoms with Crippen LogP contribution in [-0.4, -0.2) is 43.0 Å². The minimum atomic E-state index is 0.185. The number of rotatable bonds is 8. The fourth-order valence-electron chi connectivity index (χ4n) is 1.50. The second-order valence-corrected chi connectivity index (χ2v) is 6.00. The molecule has 16 heavy (non-hydrogen) atoms. The quantitative estimate of drug-likeness (QED) is 0.712. The minimum absolute atomic E-state index is 0.185. The van der Waals surface area contributed by atoms with Crippen LogP contribution in [0.15, 0.2) is 0 Å². The molecule has 0 aliphatic heterocycles. The molecule has 0 heterocycles. The second-order valence-electron chi connectivity index (χ2n) is 5.01. The molecule has 0 aliphatic rings. The van der Waals surface area contributed by atoms with Gasteiger partial charge in [0.1, 0.15) is 0 Å². The number of nitrogens with two attached hydrogens (primary N) is 1. The lowest BCUT2D eigenvalue weighted by atomic mass is 9.84. The van der Waals surface area contributed by atoms with Crippen molar-refractivity contribution in [1.29, 1.82) is 0 Å². The summed E-state index contributed by atoms with van der Waals surface area (Å²) in [7, 11) is 1.88.